The van der Waals surface area contributed by atoms with E-state index < -0.39 is 0 Å². The van der Waals surface area contributed by atoms with Crippen LogP contribution in [0.1, 0.15) is 5.69 Å². The number of imidazole rings is 1. The SMILES string of the molecule is Cn1cnc2cc(N3CCN(Cc4cn5cc(F)ccc5n4)CC3)ccc2c1=O. The highest BCUT2D eigenvalue weighted by Crippen LogP contribution is 2.21. The molecular formula is C21H21FN6O. The van der Waals surface area contributed by atoms with Crippen LogP contribution < -0.4 is 10.5 Å². The maximum absolute atomic E-state index is 13.4. The quantitative estimate of drug-likeness (QED) is 0.534. The van der Waals surface area contributed by atoms with Crippen LogP contribution in [0, 0.1) is 5.82 Å². The second kappa shape index (κ2) is 6.97. The van der Waals surface area contributed by atoms with Gasteiger partial charge in [0.1, 0.15) is 11.5 Å². The lowest BCUT2D eigenvalue weighted by atomic mass is 10.2. The minimum atomic E-state index is -0.266. The van der Waals surface area contributed by atoms with Crippen LogP contribution in [-0.4, -0.2) is 50.0 Å². The summed E-state index contributed by atoms with van der Waals surface area (Å²) in [5, 5.41) is 0.640. The number of rotatable bonds is 3. The third-order valence-corrected chi connectivity index (χ3v) is 5.49. The van der Waals surface area contributed by atoms with Crippen molar-refractivity contribution in [3.8, 4) is 0 Å². The summed E-state index contributed by atoms with van der Waals surface area (Å²) < 4.78 is 16.6. The maximum Gasteiger partial charge on any atom is 0.260 e. The summed E-state index contributed by atoms with van der Waals surface area (Å²) in [5.74, 6) is -0.266. The average molecular weight is 392 g/mol. The van der Waals surface area contributed by atoms with Crippen LogP contribution in [0.4, 0.5) is 10.1 Å². The van der Waals surface area contributed by atoms with Gasteiger partial charge in [-0.25, -0.2) is 14.4 Å². The Morgan fingerprint density at radius 1 is 1.07 bits per heavy atom. The van der Waals surface area contributed by atoms with E-state index in [0.29, 0.717) is 5.39 Å². The molecule has 4 aromatic rings. The predicted octanol–water partition coefficient (Wildman–Crippen LogP) is 2.04. The Labute approximate surface area is 166 Å². The summed E-state index contributed by atoms with van der Waals surface area (Å²) in [6.45, 7) is 4.33. The molecule has 3 aromatic heterocycles. The number of hydrogen-bond donors (Lipinski definition) is 0. The molecule has 7 nitrogen and oxygen atoms in total. The molecule has 5 rings (SSSR count). The van der Waals surface area contributed by atoms with Crippen molar-refractivity contribution < 1.29 is 4.39 Å². The van der Waals surface area contributed by atoms with Gasteiger partial charge in [0.05, 0.1) is 22.9 Å². The number of aromatic nitrogens is 4. The van der Waals surface area contributed by atoms with E-state index in [9.17, 15) is 9.18 Å². The van der Waals surface area contributed by atoms with Crippen LogP contribution in [0.5, 0.6) is 0 Å². The van der Waals surface area contributed by atoms with Crippen molar-refractivity contribution >= 4 is 22.2 Å². The third-order valence-electron chi connectivity index (χ3n) is 5.49. The second-order valence-electron chi connectivity index (χ2n) is 7.47. The fourth-order valence-corrected chi connectivity index (χ4v) is 3.88. The van der Waals surface area contributed by atoms with E-state index in [0.717, 1.165) is 55.3 Å². The van der Waals surface area contributed by atoms with Crippen molar-refractivity contribution in [3.05, 3.63) is 70.9 Å². The topological polar surface area (TPSA) is 58.7 Å². The molecule has 0 N–H and O–H groups in total. The standard InChI is InChI=1S/C21H21FN6O/c1-25-14-23-19-10-17(3-4-18(19)21(25)29)27-8-6-26(7-9-27)12-16-13-28-11-15(22)2-5-20(28)24-16/h2-5,10-11,13-14H,6-9,12H2,1H3. The molecule has 0 radical (unpaired) electrons. The van der Waals surface area contributed by atoms with Crippen LogP contribution in [-0.2, 0) is 13.6 Å². The van der Waals surface area contributed by atoms with Gasteiger partial charge >= 0.3 is 0 Å². The molecule has 0 bridgehead atoms. The van der Waals surface area contributed by atoms with Gasteiger partial charge in [0.25, 0.3) is 5.56 Å². The van der Waals surface area contributed by atoms with Crippen molar-refractivity contribution in [2.45, 2.75) is 6.54 Å². The average Bonchev–Trinajstić information content (AvgIpc) is 3.12. The first-order valence-electron chi connectivity index (χ1n) is 9.63. The van der Waals surface area contributed by atoms with Gasteiger partial charge in [-0.3, -0.25) is 9.69 Å². The zero-order valence-corrected chi connectivity index (χ0v) is 16.1. The number of benzene rings is 1. The highest BCUT2D eigenvalue weighted by atomic mass is 19.1. The zero-order valence-electron chi connectivity index (χ0n) is 16.1. The van der Waals surface area contributed by atoms with Gasteiger partial charge in [0, 0.05) is 57.9 Å². The Morgan fingerprint density at radius 3 is 2.72 bits per heavy atom. The summed E-state index contributed by atoms with van der Waals surface area (Å²) in [4.78, 5) is 25.8. The van der Waals surface area contributed by atoms with Crippen molar-refractivity contribution in [3.63, 3.8) is 0 Å². The summed E-state index contributed by atoms with van der Waals surface area (Å²) in [5.41, 5.74) is 3.48. The monoisotopic (exact) mass is 392 g/mol. The summed E-state index contributed by atoms with van der Waals surface area (Å²) in [7, 11) is 1.71. The summed E-state index contributed by atoms with van der Waals surface area (Å²) in [6.07, 6.45) is 4.90. The Hall–Kier alpha value is -3.26. The van der Waals surface area contributed by atoms with Crippen molar-refractivity contribution in [1.29, 1.82) is 0 Å². The van der Waals surface area contributed by atoms with Gasteiger partial charge in [-0.15, -0.1) is 0 Å². The molecule has 0 unspecified atom stereocenters. The number of hydrogen-bond acceptors (Lipinski definition) is 5. The number of nitrogens with zero attached hydrogens (tertiary/aromatic N) is 6. The van der Waals surface area contributed by atoms with Crippen LogP contribution in [0.25, 0.3) is 16.6 Å². The number of halogens is 1. The van der Waals surface area contributed by atoms with E-state index in [1.54, 1.807) is 23.8 Å². The van der Waals surface area contributed by atoms with E-state index in [1.165, 1.54) is 16.8 Å². The van der Waals surface area contributed by atoms with Crippen LogP contribution in [0.2, 0.25) is 0 Å². The minimum absolute atomic E-state index is 0.0290. The lowest BCUT2D eigenvalue weighted by molar-refractivity contribution is 0.247. The van der Waals surface area contributed by atoms with Crippen LogP contribution >= 0.6 is 0 Å². The Kier molecular flexibility index (Phi) is 4.28. The summed E-state index contributed by atoms with van der Waals surface area (Å²) >= 11 is 0. The number of fused-ring (bicyclic) bond motifs is 2. The smallest absolute Gasteiger partial charge is 0.260 e. The molecule has 0 atom stereocenters. The highest BCUT2D eigenvalue weighted by molar-refractivity contribution is 5.81. The van der Waals surface area contributed by atoms with Gasteiger partial charge < -0.3 is 13.9 Å². The van der Waals surface area contributed by atoms with E-state index >= 15 is 0 Å². The van der Waals surface area contributed by atoms with Gasteiger partial charge in [-0.05, 0) is 30.3 Å². The molecule has 4 heterocycles. The predicted molar refractivity (Wildman–Crippen MR) is 110 cm³/mol. The molecule has 0 spiro atoms. The first-order valence-corrected chi connectivity index (χ1v) is 9.63. The minimum Gasteiger partial charge on any atom is -0.369 e. The van der Waals surface area contributed by atoms with Crippen molar-refractivity contribution in [2.75, 3.05) is 31.1 Å². The Morgan fingerprint density at radius 2 is 1.90 bits per heavy atom. The Bertz CT molecular complexity index is 1260. The van der Waals surface area contributed by atoms with Gasteiger partial charge in [0.2, 0.25) is 0 Å². The third kappa shape index (κ3) is 3.36. The molecule has 29 heavy (non-hydrogen) atoms. The number of anilines is 1. The molecule has 1 fully saturated rings. The first-order chi connectivity index (χ1) is 14.1. The zero-order chi connectivity index (χ0) is 20.0. The number of pyridine rings is 1. The maximum atomic E-state index is 13.4. The van der Waals surface area contributed by atoms with Crippen molar-refractivity contribution in [2.24, 2.45) is 7.05 Å². The molecule has 0 amide bonds. The van der Waals surface area contributed by atoms with Gasteiger partial charge in [-0.1, -0.05) is 0 Å². The molecule has 0 saturated carbocycles. The molecule has 0 aliphatic carbocycles. The fourth-order valence-electron chi connectivity index (χ4n) is 3.88. The van der Waals surface area contributed by atoms with Gasteiger partial charge in [0.15, 0.2) is 0 Å². The fraction of sp³-hybridized carbons (Fsp3) is 0.286. The van der Waals surface area contributed by atoms with E-state index in [2.05, 4.69) is 19.8 Å². The van der Waals surface area contributed by atoms with Crippen LogP contribution in [0.3, 0.4) is 0 Å². The normalized spacial score (nSPS) is 15.4. The molecule has 1 aromatic carbocycles. The van der Waals surface area contributed by atoms with E-state index in [4.69, 9.17) is 0 Å². The lowest BCUT2D eigenvalue weighted by Crippen LogP contribution is -2.46. The highest BCUT2D eigenvalue weighted by Gasteiger charge is 2.19. The molecule has 148 valence electrons. The molecule has 1 aliphatic heterocycles. The van der Waals surface area contributed by atoms with Crippen LogP contribution in [0.15, 0.2) is 53.8 Å². The molecule has 1 aliphatic rings. The van der Waals surface area contributed by atoms with E-state index in [-0.39, 0.29) is 11.4 Å². The number of aryl methyl sites for hydroxylation is 1. The molecule has 8 heteroatoms. The summed E-state index contributed by atoms with van der Waals surface area (Å²) in [6, 6.07) is 8.97. The lowest BCUT2D eigenvalue weighted by Gasteiger charge is -2.35. The molecular weight excluding hydrogens is 371 g/mol. The molecule has 1 saturated heterocycles. The largest absolute Gasteiger partial charge is 0.369 e. The van der Waals surface area contributed by atoms with Gasteiger partial charge in [-0.2, -0.15) is 0 Å². The second-order valence-corrected chi connectivity index (χ2v) is 7.47. The first kappa shape index (κ1) is 17.8. The number of piperazine rings is 1. The van der Waals surface area contributed by atoms with Crippen molar-refractivity contribution in [1.82, 2.24) is 23.8 Å². The Balaban J connectivity index is 1.28. The van der Waals surface area contributed by atoms with E-state index in [1.807, 2.05) is 24.4 Å².